The van der Waals surface area contributed by atoms with E-state index in [0.717, 1.165) is 35.1 Å². The molecule has 0 saturated heterocycles. The summed E-state index contributed by atoms with van der Waals surface area (Å²) in [7, 11) is 3.82. The van der Waals surface area contributed by atoms with Gasteiger partial charge in [0.25, 0.3) is 17.3 Å². The van der Waals surface area contributed by atoms with E-state index in [-0.39, 0.29) is 22.8 Å². The van der Waals surface area contributed by atoms with Crippen molar-refractivity contribution < 1.29 is 14.6 Å². The molecule has 0 bridgehead atoms. The molecular formula is C22H23N9O5. The Morgan fingerprint density at radius 1 is 1.11 bits per heavy atom. The topological polar surface area (TPSA) is 197 Å². The molecule has 4 rings (SSSR count). The number of non-ortho nitro benzene ring substituents is 1. The van der Waals surface area contributed by atoms with E-state index in [1.807, 2.05) is 50.2 Å². The van der Waals surface area contributed by atoms with Crippen molar-refractivity contribution in [3.63, 3.8) is 0 Å². The molecule has 36 heavy (non-hydrogen) atoms. The summed E-state index contributed by atoms with van der Waals surface area (Å²) < 4.78 is 0. The molecule has 1 aromatic heterocycles. The third-order valence-electron chi connectivity index (χ3n) is 5.80. The van der Waals surface area contributed by atoms with Crippen molar-refractivity contribution in [3.8, 4) is 0 Å². The Morgan fingerprint density at radius 2 is 1.81 bits per heavy atom. The average Bonchev–Trinajstić information content (AvgIpc) is 3.21. The first-order valence-electron chi connectivity index (χ1n) is 10.7. The number of benzene rings is 2. The summed E-state index contributed by atoms with van der Waals surface area (Å²) >= 11 is 0. The maximum absolute atomic E-state index is 13.4. The van der Waals surface area contributed by atoms with Crippen molar-refractivity contribution in [1.82, 2.24) is 15.6 Å². The van der Waals surface area contributed by atoms with Gasteiger partial charge in [-0.2, -0.15) is 5.10 Å². The van der Waals surface area contributed by atoms with E-state index in [4.69, 9.17) is 5.73 Å². The summed E-state index contributed by atoms with van der Waals surface area (Å²) in [6.07, 6.45) is 0. The predicted octanol–water partition coefficient (Wildman–Crippen LogP) is 2.47. The van der Waals surface area contributed by atoms with Crippen molar-refractivity contribution in [2.24, 2.45) is 5.73 Å². The van der Waals surface area contributed by atoms with Gasteiger partial charge in [-0.3, -0.25) is 41.0 Å². The lowest BCUT2D eigenvalue weighted by Crippen LogP contribution is -2.37. The first-order chi connectivity index (χ1) is 17.1. The quantitative estimate of drug-likeness (QED) is 0.241. The summed E-state index contributed by atoms with van der Waals surface area (Å²) in [6, 6.07) is 10.5. The molecule has 0 fully saturated rings. The van der Waals surface area contributed by atoms with Crippen LogP contribution in [-0.2, 0) is 4.79 Å². The van der Waals surface area contributed by atoms with Gasteiger partial charge < -0.3 is 16.0 Å². The minimum atomic E-state index is -0.718. The number of aryl methyl sites for hydroxylation is 1. The van der Waals surface area contributed by atoms with Gasteiger partial charge in [-0.05, 0) is 24.6 Å². The van der Waals surface area contributed by atoms with E-state index in [0.29, 0.717) is 11.4 Å². The van der Waals surface area contributed by atoms with Gasteiger partial charge in [0.15, 0.2) is 5.82 Å². The molecule has 2 heterocycles. The number of anilines is 3. The van der Waals surface area contributed by atoms with Gasteiger partial charge >= 0.3 is 0 Å². The lowest BCUT2D eigenvalue weighted by atomic mass is 9.82. The number of H-pyrrole nitrogens is 1. The lowest BCUT2D eigenvalue weighted by molar-refractivity contribution is -0.388. The van der Waals surface area contributed by atoms with Crippen LogP contribution in [0.3, 0.4) is 0 Å². The molecule has 0 aliphatic carbocycles. The molecule has 3 aromatic rings. The van der Waals surface area contributed by atoms with Crippen LogP contribution in [0.15, 0.2) is 53.9 Å². The van der Waals surface area contributed by atoms with Crippen LogP contribution in [0.5, 0.6) is 0 Å². The number of nitro benzene ring substituents is 2. The number of hydrogen-bond acceptors (Lipinski definition) is 10. The molecule has 1 unspecified atom stereocenters. The lowest BCUT2D eigenvalue weighted by Gasteiger charge is -2.28. The zero-order chi connectivity index (χ0) is 26.1. The summed E-state index contributed by atoms with van der Waals surface area (Å²) in [5.74, 6) is -0.777. The minimum Gasteiger partial charge on any atom is -0.385 e. The fourth-order valence-electron chi connectivity index (χ4n) is 4.02. The number of carbonyl (C=O) groups is 1. The number of rotatable bonds is 7. The second-order valence-corrected chi connectivity index (χ2v) is 8.28. The molecule has 0 radical (unpaired) electrons. The van der Waals surface area contributed by atoms with Gasteiger partial charge in [0.2, 0.25) is 0 Å². The van der Waals surface area contributed by atoms with Crippen molar-refractivity contribution in [3.05, 3.63) is 90.9 Å². The second-order valence-electron chi connectivity index (χ2n) is 8.28. The van der Waals surface area contributed by atoms with Crippen molar-refractivity contribution in [2.45, 2.75) is 12.8 Å². The molecule has 0 saturated carbocycles. The van der Waals surface area contributed by atoms with E-state index < -0.39 is 27.4 Å². The van der Waals surface area contributed by atoms with Gasteiger partial charge in [-0.1, -0.05) is 12.1 Å². The Labute approximate surface area is 204 Å². The fraction of sp³-hybridized carbons (Fsp3) is 0.182. The molecule has 6 N–H and O–H groups in total. The number of hydrazine groups is 1. The zero-order valence-corrected chi connectivity index (χ0v) is 19.5. The maximum atomic E-state index is 13.4. The van der Waals surface area contributed by atoms with E-state index >= 15 is 0 Å². The molecule has 14 nitrogen and oxygen atoms in total. The Kier molecular flexibility index (Phi) is 6.16. The van der Waals surface area contributed by atoms with Crippen LogP contribution >= 0.6 is 0 Å². The van der Waals surface area contributed by atoms with E-state index in [1.54, 1.807) is 0 Å². The summed E-state index contributed by atoms with van der Waals surface area (Å²) in [5, 5.41) is 32.6. The second kappa shape index (κ2) is 9.25. The highest BCUT2D eigenvalue weighted by Crippen LogP contribution is 2.42. The first-order valence-corrected chi connectivity index (χ1v) is 10.7. The third kappa shape index (κ3) is 4.34. The van der Waals surface area contributed by atoms with E-state index in [2.05, 4.69) is 26.4 Å². The number of nitrogens with zero attached hydrogens (tertiary/aromatic N) is 4. The van der Waals surface area contributed by atoms with Gasteiger partial charge in [0.05, 0.1) is 15.4 Å². The van der Waals surface area contributed by atoms with Gasteiger partial charge in [-0.15, -0.1) is 0 Å². The molecule has 1 aliphatic heterocycles. The van der Waals surface area contributed by atoms with E-state index in [9.17, 15) is 25.0 Å². The van der Waals surface area contributed by atoms with Gasteiger partial charge in [0.1, 0.15) is 11.5 Å². The predicted molar refractivity (Wildman–Crippen MR) is 132 cm³/mol. The highest BCUT2D eigenvalue weighted by atomic mass is 16.6. The largest absolute Gasteiger partial charge is 0.385 e. The number of hydrogen-bond donors (Lipinski definition) is 5. The normalized spacial score (nSPS) is 14.5. The number of fused-ring (bicyclic) bond motifs is 1. The molecule has 186 valence electrons. The molecule has 1 atom stereocenters. The molecule has 1 amide bonds. The Morgan fingerprint density at radius 3 is 2.42 bits per heavy atom. The Bertz CT molecular complexity index is 1400. The van der Waals surface area contributed by atoms with Crippen molar-refractivity contribution in [2.75, 3.05) is 29.7 Å². The summed E-state index contributed by atoms with van der Waals surface area (Å²) in [5.41, 5.74) is 13.3. The average molecular weight is 493 g/mol. The highest BCUT2D eigenvalue weighted by molar-refractivity contribution is 5.99. The highest BCUT2D eigenvalue weighted by Gasteiger charge is 2.36. The monoisotopic (exact) mass is 493 g/mol. The molecule has 2 aromatic carbocycles. The molecule has 0 spiro atoms. The Balaban J connectivity index is 1.70. The molecule has 14 heteroatoms. The SMILES string of the molecule is Cc1[nH]nc2c1C(c1ccc(N(C)C)cc1)C(C(=O)NNc1cc([N+](=O)[O-])ccc1[N+](=O)[O-])=C(N)N2. The Hall–Kier alpha value is -5.14. The number of aromatic nitrogens is 2. The number of carbonyl (C=O) groups excluding carboxylic acids is 1. The van der Waals surface area contributed by atoms with Crippen LogP contribution in [-0.4, -0.2) is 40.0 Å². The van der Waals surface area contributed by atoms with Crippen LogP contribution in [0.2, 0.25) is 0 Å². The van der Waals surface area contributed by atoms with Gasteiger partial charge in [0, 0.05) is 55.2 Å². The minimum absolute atomic E-state index is 0.0449. The van der Waals surface area contributed by atoms with Crippen LogP contribution < -0.4 is 26.8 Å². The summed E-state index contributed by atoms with van der Waals surface area (Å²) in [6.45, 7) is 1.82. The third-order valence-corrected chi connectivity index (χ3v) is 5.80. The number of aromatic amines is 1. The molecular weight excluding hydrogens is 470 g/mol. The van der Waals surface area contributed by atoms with Crippen molar-refractivity contribution in [1.29, 1.82) is 0 Å². The van der Waals surface area contributed by atoms with Crippen LogP contribution in [0.4, 0.5) is 28.6 Å². The number of nitrogens with one attached hydrogen (secondary N) is 4. The first kappa shape index (κ1) is 24.0. The number of nitrogens with two attached hydrogens (primary N) is 1. The maximum Gasteiger partial charge on any atom is 0.294 e. The standard InChI is InChI=1S/C22H23N9O5/c1-11-17-18(12-4-6-13(7-5-12)29(2)3)19(20(23)24-21(17)27-25-11)22(32)28-26-15-10-14(30(33)34)8-9-16(15)31(35)36/h4-10,18,26H,23H2,1-3H3,(H,28,32)(H2,24,25,27). The number of amides is 1. The smallest absolute Gasteiger partial charge is 0.294 e. The molecule has 1 aliphatic rings. The van der Waals surface area contributed by atoms with Crippen LogP contribution in [0, 0.1) is 27.2 Å². The summed E-state index contributed by atoms with van der Waals surface area (Å²) in [4.78, 5) is 36.4. The van der Waals surface area contributed by atoms with Gasteiger partial charge in [-0.25, -0.2) is 0 Å². The van der Waals surface area contributed by atoms with E-state index in [1.165, 1.54) is 0 Å². The zero-order valence-electron chi connectivity index (χ0n) is 19.5. The van der Waals surface area contributed by atoms with Crippen LogP contribution in [0.25, 0.3) is 0 Å². The number of nitro groups is 2. The van der Waals surface area contributed by atoms with Crippen molar-refractivity contribution >= 4 is 34.5 Å². The van der Waals surface area contributed by atoms with Crippen LogP contribution in [0.1, 0.15) is 22.7 Å². The fourth-order valence-corrected chi connectivity index (χ4v) is 4.02.